The lowest BCUT2D eigenvalue weighted by Crippen LogP contribution is -2.47. The highest BCUT2D eigenvalue weighted by Gasteiger charge is 2.26. The zero-order chi connectivity index (χ0) is 20.2. The van der Waals surface area contributed by atoms with Gasteiger partial charge < -0.3 is 19.4 Å². The van der Waals surface area contributed by atoms with Crippen LogP contribution in [0.1, 0.15) is 18.4 Å². The van der Waals surface area contributed by atoms with Gasteiger partial charge in [-0.25, -0.2) is 9.37 Å². The molecule has 0 saturated carbocycles. The number of ether oxygens (including phenoxy) is 1. The SMILES string of the molecule is CN(c1ccnc(N2CCOCC2)n1)C1CCCN(c2ccc(F)cc2C#N)C1. The Morgan fingerprint density at radius 3 is 2.83 bits per heavy atom. The maximum atomic E-state index is 13.5. The molecule has 2 saturated heterocycles. The second-order valence-electron chi connectivity index (χ2n) is 7.44. The van der Waals surface area contributed by atoms with Crippen molar-refractivity contribution in [3.63, 3.8) is 0 Å². The first kappa shape index (κ1) is 19.4. The van der Waals surface area contributed by atoms with Crippen LogP contribution in [0, 0.1) is 17.1 Å². The van der Waals surface area contributed by atoms with E-state index >= 15 is 0 Å². The summed E-state index contributed by atoms with van der Waals surface area (Å²) in [6, 6.07) is 8.73. The molecule has 1 atom stereocenters. The van der Waals surface area contributed by atoms with Crippen LogP contribution in [0.2, 0.25) is 0 Å². The Bertz CT molecular complexity index is 895. The summed E-state index contributed by atoms with van der Waals surface area (Å²) in [5, 5.41) is 9.40. The summed E-state index contributed by atoms with van der Waals surface area (Å²) in [6.07, 6.45) is 3.84. The number of nitrogens with zero attached hydrogens (tertiary/aromatic N) is 6. The molecule has 29 heavy (non-hydrogen) atoms. The van der Waals surface area contributed by atoms with Crippen molar-refractivity contribution < 1.29 is 9.13 Å². The van der Waals surface area contributed by atoms with Crippen LogP contribution in [0.15, 0.2) is 30.5 Å². The van der Waals surface area contributed by atoms with Crippen LogP contribution in [0.4, 0.5) is 21.8 Å². The van der Waals surface area contributed by atoms with E-state index in [9.17, 15) is 9.65 Å². The summed E-state index contributed by atoms with van der Waals surface area (Å²) in [5.41, 5.74) is 1.17. The fourth-order valence-corrected chi connectivity index (χ4v) is 4.00. The normalized spacial score (nSPS) is 19.7. The van der Waals surface area contributed by atoms with E-state index in [4.69, 9.17) is 9.72 Å². The summed E-state index contributed by atoms with van der Waals surface area (Å²) < 4.78 is 18.9. The van der Waals surface area contributed by atoms with Crippen molar-refractivity contribution >= 4 is 17.5 Å². The van der Waals surface area contributed by atoms with Gasteiger partial charge in [-0.15, -0.1) is 0 Å². The minimum atomic E-state index is -0.382. The molecule has 1 aromatic heterocycles. The Hall–Kier alpha value is -2.92. The lowest BCUT2D eigenvalue weighted by Gasteiger charge is -2.39. The molecule has 0 N–H and O–H groups in total. The Labute approximate surface area is 170 Å². The summed E-state index contributed by atoms with van der Waals surface area (Å²) in [7, 11) is 2.05. The average molecular weight is 396 g/mol. The number of piperidine rings is 1. The number of likely N-dealkylation sites (N-methyl/N-ethyl adjacent to an activating group) is 1. The molecule has 0 amide bonds. The number of benzene rings is 1. The Morgan fingerprint density at radius 2 is 2.03 bits per heavy atom. The smallest absolute Gasteiger partial charge is 0.227 e. The summed E-state index contributed by atoms with van der Waals surface area (Å²) >= 11 is 0. The van der Waals surface area contributed by atoms with Crippen LogP contribution < -0.4 is 14.7 Å². The van der Waals surface area contributed by atoms with E-state index in [1.165, 1.54) is 12.1 Å². The minimum absolute atomic E-state index is 0.243. The Kier molecular flexibility index (Phi) is 5.76. The predicted octanol–water partition coefficient (Wildman–Crippen LogP) is 2.43. The molecule has 152 valence electrons. The highest BCUT2D eigenvalue weighted by Crippen LogP contribution is 2.27. The van der Waals surface area contributed by atoms with Gasteiger partial charge in [0.15, 0.2) is 0 Å². The average Bonchev–Trinajstić information content (AvgIpc) is 2.79. The van der Waals surface area contributed by atoms with Crippen molar-refractivity contribution in [1.29, 1.82) is 5.26 Å². The predicted molar refractivity (Wildman–Crippen MR) is 110 cm³/mol. The molecule has 1 unspecified atom stereocenters. The second-order valence-corrected chi connectivity index (χ2v) is 7.44. The van der Waals surface area contributed by atoms with Gasteiger partial charge in [0.1, 0.15) is 17.7 Å². The lowest BCUT2D eigenvalue weighted by molar-refractivity contribution is 0.122. The number of aromatic nitrogens is 2. The van der Waals surface area contributed by atoms with Gasteiger partial charge in [0.05, 0.1) is 24.5 Å². The van der Waals surface area contributed by atoms with E-state index < -0.39 is 0 Å². The molecule has 7 nitrogen and oxygen atoms in total. The maximum absolute atomic E-state index is 13.5. The summed E-state index contributed by atoms with van der Waals surface area (Å²) in [6.45, 7) is 4.60. The van der Waals surface area contributed by atoms with E-state index in [0.717, 1.165) is 56.5 Å². The zero-order valence-corrected chi connectivity index (χ0v) is 16.6. The second kappa shape index (κ2) is 8.62. The molecule has 3 heterocycles. The summed E-state index contributed by atoms with van der Waals surface area (Å²) in [5.74, 6) is 1.23. The van der Waals surface area contributed by atoms with E-state index in [2.05, 4.69) is 32.8 Å². The molecule has 8 heteroatoms. The van der Waals surface area contributed by atoms with Crippen LogP contribution in [-0.4, -0.2) is 62.5 Å². The number of hydrogen-bond acceptors (Lipinski definition) is 7. The zero-order valence-electron chi connectivity index (χ0n) is 16.6. The molecular formula is C21H25FN6O. The lowest BCUT2D eigenvalue weighted by atomic mass is 10.0. The third-order valence-corrected chi connectivity index (χ3v) is 5.65. The first-order chi connectivity index (χ1) is 14.2. The van der Waals surface area contributed by atoms with Crippen LogP contribution in [0.3, 0.4) is 0 Å². The van der Waals surface area contributed by atoms with Crippen LogP contribution >= 0.6 is 0 Å². The van der Waals surface area contributed by atoms with Crippen molar-refractivity contribution in [2.75, 3.05) is 61.1 Å². The highest BCUT2D eigenvalue weighted by molar-refractivity contribution is 5.60. The molecule has 0 bridgehead atoms. The monoisotopic (exact) mass is 396 g/mol. The molecule has 4 rings (SSSR count). The Balaban J connectivity index is 1.51. The topological polar surface area (TPSA) is 68.5 Å². The molecule has 0 spiro atoms. The van der Waals surface area contributed by atoms with Crippen LogP contribution in [0.5, 0.6) is 0 Å². The van der Waals surface area contributed by atoms with E-state index in [1.807, 2.05) is 6.07 Å². The number of rotatable bonds is 4. The van der Waals surface area contributed by atoms with Gasteiger partial charge in [-0.1, -0.05) is 0 Å². The van der Waals surface area contributed by atoms with Gasteiger partial charge in [0, 0.05) is 45.5 Å². The van der Waals surface area contributed by atoms with Gasteiger partial charge in [-0.05, 0) is 37.1 Å². The fourth-order valence-electron chi connectivity index (χ4n) is 4.00. The third-order valence-electron chi connectivity index (χ3n) is 5.65. The standard InChI is InChI=1S/C21H25FN6O/c1-26(20-6-7-24-21(25-20)27-9-11-29-12-10-27)18-3-2-8-28(15-18)19-5-4-17(22)13-16(19)14-23/h4-7,13,18H,2-3,8-12,15H2,1H3. The minimum Gasteiger partial charge on any atom is -0.378 e. The van der Waals surface area contributed by atoms with Crippen LogP contribution in [-0.2, 0) is 4.74 Å². The first-order valence-corrected chi connectivity index (χ1v) is 9.99. The molecule has 2 fully saturated rings. The van der Waals surface area contributed by atoms with Gasteiger partial charge in [-0.2, -0.15) is 10.2 Å². The van der Waals surface area contributed by atoms with E-state index in [1.54, 1.807) is 12.3 Å². The molecule has 2 aromatic rings. The van der Waals surface area contributed by atoms with Gasteiger partial charge in [0.25, 0.3) is 0 Å². The third kappa shape index (κ3) is 4.25. The molecule has 1 aromatic carbocycles. The van der Waals surface area contributed by atoms with Crippen molar-refractivity contribution in [2.45, 2.75) is 18.9 Å². The molecule has 0 aliphatic carbocycles. The Morgan fingerprint density at radius 1 is 1.21 bits per heavy atom. The highest BCUT2D eigenvalue weighted by atomic mass is 19.1. The fraction of sp³-hybridized carbons (Fsp3) is 0.476. The van der Waals surface area contributed by atoms with E-state index in [-0.39, 0.29) is 11.9 Å². The van der Waals surface area contributed by atoms with Gasteiger partial charge >= 0.3 is 0 Å². The van der Waals surface area contributed by atoms with Crippen molar-refractivity contribution in [3.8, 4) is 6.07 Å². The largest absolute Gasteiger partial charge is 0.378 e. The van der Waals surface area contributed by atoms with Crippen LogP contribution in [0.25, 0.3) is 0 Å². The van der Waals surface area contributed by atoms with Crippen molar-refractivity contribution in [2.24, 2.45) is 0 Å². The van der Waals surface area contributed by atoms with Gasteiger partial charge in [-0.3, -0.25) is 0 Å². The molecule has 0 radical (unpaired) electrons. The maximum Gasteiger partial charge on any atom is 0.227 e. The number of halogens is 1. The van der Waals surface area contributed by atoms with Crippen molar-refractivity contribution in [3.05, 3.63) is 41.8 Å². The molecule has 2 aliphatic rings. The summed E-state index contributed by atoms with van der Waals surface area (Å²) in [4.78, 5) is 15.7. The van der Waals surface area contributed by atoms with Gasteiger partial charge in [0.2, 0.25) is 5.95 Å². The number of nitriles is 1. The van der Waals surface area contributed by atoms with E-state index in [0.29, 0.717) is 18.8 Å². The quantitative estimate of drug-likeness (QED) is 0.786. The first-order valence-electron chi connectivity index (χ1n) is 9.99. The number of anilines is 3. The van der Waals surface area contributed by atoms with Crippen molar-refractivity contribution in [1.82, 2.24) is 9.97 Å². The number of hydrogen-bond donors (Lipinski definition) is 0. The number of morpholine rings is 1. The molecule has 2 aliphatic heterocycles. The molecular weight excluding hydrogens is 371 g/mol.